The van der Waals surface area contributed by atoms with E-state index in [-0.39, 0.29) is 35.1 Å². The van der Waals surface area contributed by atoms with Crippen LogP contribution in [0.25, 0.3) is 22.9 Å². The zero-order valence-electron chi connectivity index (χ0n) is 23.9. The summed E-state index contributed by atoms with van der Waals surface area (Å²) in [6.07, 6.45) is 4.38. The Morgan fingerprint density at radius 3 is 2.73 bits per heavy atom. The number of carbonyl (C=O) groups is 2. The third-order valence-electron chi connectivity index (χ3n) is 7.93. The molecule has 0 unspecified atom stereocenters. The number of fused-ring (bicyclic) bond motifs is 3. The van der Waals surface area contributed by atoms with E-state index >= 15 is 0 Å². The number of hydrogen-bond donors (Lipinski definition) is 3. The van der Waals surface area contributed by atoms with Crippen molar-refractivity contribution in [2.75, 3.05) is 24.3 Å². The number of ether oxygens (including phenoxy) is 1. The third-order valence-corrected chi connectivity index (χ3v) is 7.93. The molecule has 1 saturated carbocycles. The third kappa shape index (κ3) is 5.89. The number of nitrogens with two attached hydrogens (primary N) is 1. The highest BCUT2D eigenvalue weighted by atomic mass is 19.4. The number of hydrogen-bond acceptors (Lipinski definition) is 7. The van der Waals surface area contributed by atoms with Gasteiger partial charge in [0.05, 0.1) is 25.1 Å². The number of anilines is 2. The Labute approximate surface area is 250 Å². The van der Waals surface area contributed by atoms with E-state index in [0.29, 0.717) is 47.5 Å². The molecule has 44 heavy (non-hydrogen) atoms. The van der Waals surface area contributed by atoms with E-state index in [2.05, 4.69) is 20.7 Å². The van der Waals surface area contributed by atoms with Crippen LogP contribution in [-0.2, 0) is 22.8 Å². The van der Waals surface area contributed by atoms with Gasteiger partial charge in [0.25, 0.3) is 5.91 Å². The number of nitrogens with zero attached hydrogens (tertiary/aromatic N) is 5. The van der Waals surface area contributed by atoms with Gasteiger partial charge in [-0.2, -0.15) is 18.3 Å². The maximum Gasteiger partial charge on any atom is 0.433 e. The number of imidazole rings is 1. The summed E-state index contributed by atoms with van der Waals surface area (Å²) < 4.78 is 47.7. The fourth-order valence-electron chi connectivity index (χ4n) is 5.81. The number of benzene rings is 1. The lowest BCUT2D eigenvalue weighted by Crippen LogP contribution is -2.33. The molecule has 3 aromatic heterocycles. The van der Waals surface area contributed by atoms with Gasteiger partial charge in [-0.25, -0.2) is 9.97 Å². The highest BCUT2D eigenvalue weighted by molar-refractivity contribution is 6.04. The molecular weight excluding hydrogens is 577 g/mol. The smallest absolute Gasteiger partial charge is 0.382 e. The van der Waals surface area contributed by atoms with Crippen molar-refractivity contribution in [1.29, 1.82) is 0 Å². The second-order valence-electron chi connectivity index (χ2n) is 11.0. The molecule has 4 heterocycles. The SMILES string of the molecule is Cn1nc(NC(=O)c2ccc(-c3nc4n5c(cnc(N)c35)/C=C/CCOCCC(=O)N[C@@H]3CC[C@@H]4C3)cc2)cc1C(F)(F)F. The fourth-order valence-corrected chi connectivity index (χ4v) is 5.81. The molecule has 11 nitrogen and oxygen atoms in total. The van der Waals surface area contributed by atoms with Crippen LogP contribution in [0.3, 0.4) is 0 Å². The van der Waals surface area contributed by atoms with Crippen LogP contribution in [0, 0.1) is 0 Å². The lowest BCUT2D eigenvalue weighted by molar-refractivity contribution is -0.143. The van der Waals surface area contributed by atoms with Crippen LogP contribution < -0.4 is 16.4 Å². The highest BCUT2D eigenvalue weighted by Gasteiger charge is 2.35. The van der Waals surface area contributed by atoms with Gasteiger partial charge in [0.2, 0.25) is 5.91 Å². The van der Waals surface area contributed by atoms with Crippen molar-refractivity contribution in [3.05, 3.63) is 65.4 Å². The van der Waals surface area contributed by atoms with E-state index in [1.807, 2.05) is 16.6 Å². The Balaban J connectivity index is 1.34. The number of halogens is 3. The Bertz CT molecular complexity index is 1740. The van der Waals surface area contributed by atoms with Gasteiger partial charge in [0.15, 0.2) is 5.82 Å². The highest BCUT2D eigenvalue weighted by Crippen LogP contribution is 2.39. The van der Waals surface area contributed by atoms with E-state index in [9.17, 15) is 22.8 Å². The minimum absolute atomic E-state index is 0.0238. The second-order valence-corrected chi connectivity index (χ2v) is 11.0. The summed E-state index contributed by atoms with van der Waals surface area (Å²) in [4.78, 5) is 34.8. The standard InChI is InChI=1S/C30H31F3N8O3/c1-40-22(30(31,32)33)15-23(39-40)37-29(43)18-7-5-17(6-8-18)25-26-27(34)35-16-21-4-2-3-12-44-13-11-24(42)36-20-10-9-19(14-20)28(38-25)41(21)26/h2,4-8,15-16,19-20H,3,9-14H2,1H3,(H2,34,35)(H,36,42)(H,37,39,43)/b4-2+/t19-,20-/m1/s1. The lowest BCUT2D eigenvalue weighted by atomic mass is 10.1. The first kappa shape index (κ1) is 29.4. The molecule has 1 aromatic carbocycles. The molecule has 2 aliphatic rings. The normalized spacial score (nSPS) is 20.1. The zero-order chi connectivity index (χ0) is 31.0. The molecule has 230 valence electrons. The van der Waals surface area contributed by atoms with Crippen LogP contribution >= 0.6 is 0 Å². The van der Waals surface area contributed by atoms with Crippen molar-refractivity contribution in [2.24, 2.45) is 7.05 Å². The van der Waals surface area contributed by atoms with Gasteiger partial charge < -0.3 is 21.1 Å². The molecule has 4 N–H and O–H groups in total. The zero-order valence-corrected chi connectivity index (χ0v) is 23.9. The van der Waals surface area contributed by atoms with E-state index in [0.717, 1.165) is 43.9 Å². The van der Waals surface area contributed by atoms with Crippen molar-refractivity contribution in [1.82, 2.24) is 29.5 Å². The Kier molecular flexibility index (Phi) is 7.84. The molecule has 6 rings (SSSR count). The number of aryl methyl sites for hydroxylation is 1. The number of carbonyl (C=O) groups excluding carboxylic acids is 2. The molecule has 0 spiro atoms. The average molecular weight is 609 g/mol. The van der Waals surface area contributed by atoms with Gasteiger partial charge in [-0.05, 0) is 43.9 Å². The van der Waals surface area contributed by atoms with Crippen LogP contribution in [0.2, 0.25) is 0 Å². The molecule has 1 fully saturated rings. The first-order valence-corrected chi connectivity index (χ1v) is 14.3. The molecule has 0 radical (unpaired) electrons. The second kappa shape index (κ2) is 11.8. The summed E-state index contributed by atoms with van der Waals surface area (Å²) in [6, 6.07) is 7.36. The summed E-state index contributed by atoms with van der Waals surface area (Å²) in [5, 5.41) is 9.29. The summed E-state index contributed by atoms with van der Waals surface area (Å²) in [5.74, 6) is 0.311. The van der Waals surface area contributed by atoms with Gasteiger partial charge >= 0.3 is 6.18 Å². The number of nitrogens with one attached hydrogen (secondary N) is 2. The molecule has 14 heteroatoms. The minimum atomic E-state index is -4.60. The molecular formula is C30H31F3N8O3. The topological polar surface area (TPSA) is 141 Å². The average Bonchev–Trinajstić information content (AvgIpc) is 3.70. The van der Waals surface area contributed by atoms with Crippen LogP contribution in [0.1, 0.15) is 65.6 Å². The fraction of sp³-hybridized carbons (Fsp3) is 0.367. The van der Waals surface area contributed by atoms with E-state index in [1.54, 1.807) is 30.5 Å². The first-order valence-electron chi connectivity index (χ1n) is 14.3. The van der Waals surface area contributed by atoms with Gasteiger partial charge in [-0.1, -0.05) is 18.2 Å². The Hall–Kier alpha value is -4.72. The van der Waals surface area contributed by atoms with Gasteiger partial charge in [-0.3, -0.25) is 18.7 Å². The predicted molar refractivity (Wildman–Crippen MR) is 157 cm³/mol. The van der Waals surface area contributed by atoms with Gasteiger partial charge in [0, 0.05) is 42.6 Å². The van der Waals surface area contributed by atoms with Crippen LogP contribution in [0.4, 0.5) is 24.8 Å². The number of amides is 2. The number of nitrogen functional groups attached to an aromatic ring is 1. The lowest BCUT2D eigenvalue weighted by Gasteiger charge is -2.14. The molecule has 2 atom stereocenters. The van der Waals surface area contributed by atoms with Gasteiger partial charge in [0.1, 0.15) is 28.5 Å². The first-order chi connectivity index (χ1) is 21.1. The van der Waals surface area contributed by atoms with Crippen molar-refractivity contribution in [2.45, 2.75) is 50.2 Å². The minimum Gasteiger partial charge on any atom is -0.382 e. The summed E-state index contributed by atoms with van der Waals surface area (Å²) in [5.41, 5.74) is 8.38. The quantitative estimate of drug-likeness (QED) is 0.310. The monoisotopic (exact) mass is 608 g/mol. The maximum atomic E-state index is 13.1. The van der Waals surface area contributed by atoms with Crippen molar-refractivity contribution >= 4 is 35.0 Å². The molecule has 1 aliphatic heterocycles. The molecule has 4 aromatic rings. The van der Waals surface area contributed by atoms with Crippen molar-refractivity contribution in [3.63, 3.8) is 0 Å². The summed E-state index contributed by atoms with van der Waals surface area (Å²) >= 11 is 0. The molecule has 0 saturated heterocycles. The predicted octanol–water partition coefficient (Wildman–Crippen LogP) is 4.56. The maximum absolute atomic E-state index is 13.1. The Morgan fingerprint density at radius 1 is 1.18 bits per heavy atom. The number of rotatable bonds is 3. The molecule has 2 bridgehead atoms. The molecule has 1 aliphatic carbocycles. The van der Waals surface area contributed by atoms with Crippen LogP contribution in [-0.4, -0.2) is 55.2 Å². The number of alkyl halides is 3. The van der Waals surface area contributed by atoms with E-state index < -0.39 is 17.8 Å². The van der Waals surface area contributed by atoms with Crippen LogP contribution in [0.5, 0.6) is 0 Å². The molecule has 2 amide bonds. The largest absolute Gasteiger partial charge is 0.433 e. The summed E-state index contributed by atoms with van der Waals surface area (Å²) in [7, 11) is 1.16. The van der Waals surface area contributed by atoms with Gasteiger partial charge in [-0.15, -0.1) is 0 Å². The van der Waals surface area contributed by atoms with Crippen LogP contribution in [0.15, 0.2) is 42.6 Å². The summed E-state index contributed by atoms with van der Waals surface area (Å²) in [6.45, 7) is 0.851. The van der Waals surface area contributed by atoms with Crippen molar-refractivity contribution in [3.8, 4) is 11.3 Å². The van der Waals surface area contributed by atoms with E-state index in [1.165, 1.54) is 0 Å². The van der Waals surface area contributed by atoms with E-state index in [4.69, 9.17) is 15.5 Å². The van der Waals surface area contributed by atoms with Crippen molar-refractivity contribution < 1.29 is 27.5 Å². The number of aromatic nitrogens is 5. The Morgan fingerprint density at radius 2 is 1.98 bits per heavy atom.